The maximum atomic E-state index is 11.8. The van der Waals surface area contributed by atoms with Gasteiger partial charge in [-0.25, -0.2) is 4.79 Å². The summed E-state index contributed by atoms with van der Waals surface area (Å²) in [5, 5.41) is 4.88. The van der Waals surface area contributed by atoms with E-state index in [1.165, 1.54) is 11.1 Å². The maximum absolute atomic E-state index is 11.8. The van der Waals surface area contributed by atoms with E-state index in [9.17, 15) is 9.59 Å². The van der Waals surface area contributed by atoms with Crippen molar-refractivity contribution >= 4 is 17.5 Å². The van der Waals surface area contributed by atoms with Crippen LogP contribution >= 0.6 is 0 Å². The Morgan fingerprint density at radius 3 is 2.70 bits per heavy atom. The Labute approximate surface area is 136 Å². The standard InChI is InChI=1S/C17H23N3O3/c1-23-12-9-18-17(22)19-16(21)13-20-10-7-15(8-11-20)14-5-3-2-4-6-14/h2-7H,8-13H2,1H3,(H2,18,19,21,22). The lowest BCUT2D eigenvalue weighted by Crippen LogP contribution is -2.45. The number of urea groups is 1. The zero-order valence-corrected chi connectivity index (χ0v) is 13.4. The van der Waals surface area contributed by atoms with Crippen molar-refractivity contribution in [2.24, 2.45) is 0 Å². The van der Waals surface area contributed by atoms with Crippen LogP contribution in [0.5, 0.6) is 0 Å². The van der Waals surface area contributed by atoms with Crippen LogP contribution in [0.2, 0.25) is 0 Å². The number of rotatable bonds is 6. The molecule has 1 heterocycles. The van der Waals surface area contributed by atoms with E-state index < -0.39 is 6.03 Å². The van der Waals surface area contributed by atoms with Crippen LogP contribution in [0.3, 0.4) is 0 Å². The van der Waals surface area contributed by atoms with Gasteiger partial charge in [0, 0.05) is 26.7 Å². The van der Waals surface area contributed by atoms with Crippen LogP contribution in [0.15, 0.2) is 36.4 Å². The number of hydrogen-bond acceptors (Lipinski definition) is 4. The molecule has 0 aliphatic carbocycles. The van der Waals surface area contributed by atoms with Crippen molar-refractivity contribution in [1.29, 1.82) is 0 Å². The van der Waals surface area contributed by atoms with Crippen molar-refractivity contribution in [1.82, 2.24) is 15.5 Å². The van der Waals surface area contributed by atoms with Gasteiger partial charge in [-0.05, 0) is 17.6 Å². The van der Waals surface area contributed by atoms with E-state index in [-0.39, 0.29) is 12.5 Å². The number of imide groups is 1. The van der Waals surface area contributed by atoms with Gasteiger partial charge in [-0.15, -0.1) is 0 Å². The number of carbonyl (C=O) groups excluding carboxylic acids is 2. The summed E-state index contributed by atoms with van der Waals surface area (Å²) >= 11 is 0. The Balaban J connectivity index is 1.74. The number of methoxy groups -OCH3 is 1. The second-order valence-electron chi connectivity index (χ2n) is 5.38. The topological polar surface area (TPSA) is 70.7 Å². The van der Waals surface area contributed by atoms with Crippen molar-refractivity contribution in [2.75, 3.05) is 39.9 Å². The summed E-state index contributed by atoms with van der Waals surface area (Å²) in [5.74, 6) is -0.295. The molecule has 0 aromatic heterocycles. The first-order chi connectivity index (χ1) is 11.2. The fourth-order valence-corrected chi connectivity index (χ4v) is 2.45. The monoisotopic (exact) mass is 317 g/mol. The number of hydrogen-bond donors (Lipinski definition) is 2. The molecule has 3 amide bonds. The van der Waals surface area contributed by atoms with E-state index in [1.807, 2.05) is 23.1 Å². The van der Waals surface area contributed by atoms with Crippen LogP contribution < -0.4 is 10.6 Å². The van der Waals surface area contributed by atoms with E-state index in [0.29, 0.717) is 19.7 Å². The average molecular weight is 317 g/mol. The van der Waals surface area contributed by atoms with Gasteiger partial charge in [-0.3, -0.25) is 15.0 Å². The van der Waals surface area contributed by atoms with Crippen molar-refractivity contribution in [3.05, 3.63) is 42.0 Å². The molecule has 0 atom stereocenters. The number of carbonyl (C=O) groups is 2. The normalized spacial score (nSPS) is 14.9. The highest BCUT2D eigenvalue weighted by atomic mass is 16.5. The molecule has 0 bridgehead atoms. The SMILES string of the molecule is COCCNC(=O)NC(=O)CN1CC=C(c2ccccc2)CC1. The molecule has 0 spiro atoms. The fraction of sp³-hybridized carbons (Fsp3) is 0.412. The van der Waals surface area contributed by atoms with Gasteiger partial charge >= 0.3 is 6.03 Å². The zero-order chi connectivity index (χ0) is 16.5. The predicted molar refractivity (Wildman–Crippen MR) is 88.9 cm³/mol. The molecular formula is C17H23N3O3. The minimum Gasteiger partial charge on any atom is -0.383 e. The summed E-state index contributed by atoms with van der Waals surface area (Å²) in [7, 11) is 1.55. The Morgan fingerprint density at radius 2 is 2.04 bits per heavy atom. The van der Waals surface area contributed by atoms with Gasteiger partial charge in [-0.2, -0.15) is 0 Å². The van der Waals surface area contributed by atoms with Gasteiger partial charge in [-0.1, -0.05) is 36.4 Å². The van der Waals surface area contributed by atoms with Crippen LogP contribution in [0.25, 0.3) is 5.57 Å². The number of amides is 3. The molecule has 1 aromatic carbocycles. The van der Waals surface area contributed by atoms with Gasteiger partial charge in [0.2, 0.25) is 5.91 Å². The van der Waals surface area contributed by atoms with Gasteiger partial charge in [0.15, 0.2) is 0 Å². The van der Waals surface area contributed by atoms with Crippen LogP contribution in [0, 0.1) is 0 Å². The number of benzene rings is 1. The second kappa shape index (κ2) is 9.07. The third-order valence-corrected chi connectivity index (χ3v) is 3.65. The highest BCUT2D eigenvalue weighted by Gasteiger charge is 2.16. The first kappa shape index (κ1) is 17.2. The van der Waals surface area contributed by atoms with Gasteiger partial charge < -0.3 is 10.1 Å². The van der Waals surface area contributed by atoms with E-state index in [4.69, 9.17) is 4.74 Å². The molecule has 6 nitrogen and oxygen atoms in total. The summed E-state index contributed by atoms with van der Waals surface area (Å²) in [4.78, 5) is 25.3. The molecule has 1 aromatic rings. The van der Waals surface area contributed by atoms with Crippen molar-refractivity contribution in [3.8, 4) is 0 Å². The van der Waals surface area contributed by atoms with Crippen LogP contribution in [-0.4, -0.2) is 56.7 Å². The second-order valence-corrected chi connectivity index (χ2v) is 5.38. The molecule has 124 valence electrons. The van der Waals surface area contributed by atoms with E-state index in [1.54, 1.807) is 7.11 Å². The molecule has 0 unspecified atom stereocenters. The lowest BCUT2D eigenvalue weighted by atomic mass is 10.00. The quantitative estimate of drug-likeness (QED) is 0.775. The summed E-state index contributed by atoms with van der Waals surface area (Å²) in [5.41, 5.74) is 2.54. The molecule has 1 aliphatic heterocycles. The van der Waals surface area contributed by atoms with Crippen molar-refractivity contribution < 1.29 is 14.3 Å². The number of nitrogens with one attached hydrogen (secondary N) is 2. The lowest BCUT2D eigenvalue weighted by Gasteiger charge is -2.25. The predicted octanol–water partition coefficient (Wildman–Crippen LogP) is 1.25. The third-order valence-electron chi connectivity index (χ3n) is 3.65. The molecule has 2 N–H and O–H groups in total. The highest BCUT2D eigenvalue weighted by molar-refractivity contribution is 5.95. The maximum Gasteiger partial charge on any atom is 0.321 e. The molecule has 6 heteroatoms. The summed E-state index contributed by atoms with van der Waals surface area (Å²) in [6, 6.07) is 9.76. The van der Waals surface area contributed by atoms with Crippen molar-refractivity contribution in [2.45, 2.75) is 6.42 Å². The first-order valence-corrected chi connectivity index (χ1v) is 7.72. The minimum absolute atomic E-state index is 0.219. The minimum atomic E-state index is -0.482. The van der Waals surface area contributed by atoms with Crippen LogP contribution in [-0.2, 0) is 9.53 Å². The summed E-state index contributed by atoms with van der Waals surface area (Å²) < 4.78 is 4.82. The Morgan fingerprint density at radius 1 is 1.26 bits per heavy atom. The summed E-state index contributed by atoms with van der Waals surface area (Å²) in [6.45, 7) is 2.53. The Hall–Kier alpha value is -2.18. The van der Waals surface area contributed by atoms with Gasteiger partial charge in [0.25, 0.3) is 0 Å². The van der Waals surface area contributed by atoms with Gasteiger partial charge in [0.05, 0.1) is 13.2 Å². The first-order valence-electron chi connectivity index (χ1n) is 7.72. The molecule has 1 aliphatic rings. The summed E-state index contributed by atoms with van der Waals surface area (Å²) in [6.07, 6.45) is 3.04. The smallest absolute Gasteiger partial charge is 0.321 e. The largest absolute Gasteiger partial charge is 0.383 e. The van der Waals surface area contributed by atoms with Crippen molar-refractivity contribution in [3.63, 3.8) is 0 Å². The average Bonchev–Trinajstić information content (AvgIpc) is 2.56. The van der Waals surface area contributed by atoms with Gasteiger partial charge in [0.1, 0.15) is 0 Å². The third kappa shape index (κ3) is 5.84. The van der Waals surface area contributed by atoms with Crippen LogP contribution in [0.1, 0.15) is 12.0 Å². The van der Waals surface area contributed by atoms with E-state index in [0.717, 1.165) is 13.0 Å². The number of ether oxygens (including phenoxy) is 1. The fourth-order valence-electron chi connectivity index (χ4n) is 2.45. The number of nitrogens with zero attached hydrogens (tertiary/aromatic N) is 1. The van der Waals surface area contributed by atoms with Crippen LogP contribution in [0.4, 0.5) is 4.79 Å². The molecule has 2 rings (SSSR count). The molecular weight excluding hydrogens is 294 g/mol. The molecule has 23 heavy (non-hydrogen) atoms. The van der Waals surface area contributed by atoms with E-state index in [2.05, 4.69) is 28.8 Å². The molecule has 0 radical (unpaired) electrons. The zero-order valence-electron chi connectivity index (χ0n) is 13.4. The Kier molecular flexibility index (Phi) is 6.77. The molecule has 0 saturated carbocycles. The molecule has 0 saturated heterocycles. The van der Waals surface area contributed by atoms with E-state index >= 15 is 0 Å². The highest BCUT2D eigenvalue weighted by Crippen LogP contribution is 2.21. The Bertz CT molecular complexity index is 557. The molecule has 0 fully saturated rings. The lowest BCUT2D eigenvalue weighted by molar-refractivity contribution is -0.121.